The number of hydrogen-bond acceptors (Lipinski definition) is 6. The van der Waals surface area contributed by atoms with Crippen LogP contribution >= 0.6 is 0 Å². The molecule has 0 aliphatic heterocycles. The molecule has 1 amide bonds. The minimum atomic E-state index is -0.636. The second-order valence-electron chi connectivity index (χ2n) is 4.36. The van der Waals surface area contributed by atoms with Gasteiger partial charge in [-0.3, -0.25) is 14.9 Å². The zero-order valence-electron chi connectivity index (χ0n) is 11.3. The summed E-state index contributed by atoms with van der Waals surface area (Å²) < 4.78 is 0. The number of non-ortho nitro benzene ring substituents is 1. The van der Waals surface area contributed by atoms with Crippen LogP contribution in [0.1, 0.15) is 15.9 Å². The number of carbonyl (C=O) groups excluding carboxylic acids is 1. The van der Waals surface area contributed by atoms with Crippen LogP contribution in [0.5, 0.6) is 5.75 Å². The number of rotatable bonds is 4. The monoisotopic (exact) mass is 300 g/mol. The van der Waals surface area contributed by atoms with Crippen molar-refractivity contribution in [3.63, 3.8) is 0 Å². The minimum absolute atomic E-state index is 0.0276. The SMILES string of the molecule is Nc1cc(C(=O)N/N=C/c2cccc(O)c2)cc([N+](=O)[O-])c1. The van der Waals surface area contributed by atoms with Gasteiger partial charge < -0.3 is 10.8 Å². The molecule has 0 aromatic heterocycles. The molecule has 8 nitrogen and oxygen atoms in total. The number of phenolic OH excluding ortho intramolecular Hbond substituents is 1. The number of nitrogens with two attached hydrogens (primary N) is 1. The molecule has 0 atom stereocenters. The van der Waals surface area contributed by atoms with Crippen LogP contribution in [0.15, 0.2) is 47.6 Å². The molecule has 0 saturated heterocycles. The third kappa shape index (κ3) is 3.79. The van der Waals surface area contributed by atoms with Crippen molar-refractivity contribution in [3.05, 3.63) is 63.7 Å². The fourth-order valence-electron chi connectivity index (χ4n) is 1.71. The number of nitrogen functional groups attached to an aromatic ring is 1. The van der Waals surface area contributed by atoms with Crippen molar-refractivity contribution in [2.24, 2.45) is 5.10 Å². The van der Waals surface area contributed by atoms with E-state index in [-0.39, 0.29) is 22.7 Å². The average molecular weight is 300 g/mol. The van der Waals surface area contributed by atoms with Crippen LogP contribution in [-0.2, 0) is 0 Å². The van der Waals surface area contributed by atoms with Crippen molar-refractivity contribution >= 4 is 23.5 Å². The Hall–Kier alpha value is -3.42. The molecule has 8 heteroatoms. The highest BCUT2D eigenvalue weighted by Gasteiger charge is 2.13. The smallest absolute Gasteiger partial charge is 0.272 e. The fourth-order valence-corrected chi connectivity index (χ4v) is 1.71. The van der Waals surface area contributed by atoms with Crippen molar-refractivity contribution < 1.29 is 14.8 Å². The summed E-state index contributed by atoms with van der Waals surface area (Å²) in [6, 6.07) is 9.85. The maximum absolute atomic E-state index is 11.9. The largest absolute Gasteiger partial charge is 0.508 e. The summed E-state index contributed by atoms with van der Waals surface area (Å²) in [5.41, 5.74) is 8.19. The predicted molar refractivity (Wildman–Crippen MR) is 80.7 cm³/mol. The molecule has 0 spiro atoms. The van der Waals surface area contributed by atoms with E-state index in [4.69, 9.17) is 5.73 Å². The van der Waals surface area contributed by atoms with Gasteiger partial charge >= 0.3 is 0 Å². The predicted octanol–water partition coefficient (Wildman–Crippen LogP) is 1.65. The third-order valence-electron chi connectivity index (χ3n) is 2.66. The summed E-state index contributed by atoms with van der Waals surface area (Å²) in [5.74, 6) is -0.562. The summed E-state index contributed by atoms with van der Waals surface area (Å²) in [5, 5.41) is 23.7. The van der Waals surface area contributed by atoms with Crippen LogP contribution < -0.4 is 11.2 Å². The van der Waals surface area contributed by atoms with Gasteiger partial charge in [-0.05, 0) is 23.8 Å². The Labute approximate surface area is 125 Å². The molecule has 2 aromatic rings. The Balaban J connectivity index is 2.11. The highest BCUT2D eigenvalue weighted by atomic mass is 16.6. The lowest BCUT2D eigenvalue weighted by atomic mass is 10.1. The van der Waals surface area contributed by atoms with Gasteiger partial charge in [-0.25, -0.2) is 5.43 Å². The number of nitrogens with one attached hydrogen (secondary N) is 1. The number of anilines is 1. The van der Waals surface area contributed by atoms with Crippen LogP contribution in [0.3, 0.4) is 0 Å². The molecule has 4 N–H and O–H groups in total. The van der Waals surface area contributed by atoms with E-state index in [0.717, 1.165) is 12.1 Å². The zero-order chi connectivity index (χ0) is 16.1. The molecule has 0 radical (unpaired) electrons. The van der Waals surface area contributed by atoms with Gasteiger partial charge in [0.2, 0.25) is 0 Å². The van der Waals surface area contributed by atoms with E-state index in [1.165, 1.54) is 24.4 Å². The number of amides is 1. The number of phenols is 1. The molecule has 2 aromatic carbocycles. The van der Waals surface area contributed by atoms with Crippen molar-refractivity contribution in [2.45, 2.75) is 0 Å². The Morgan fingerprint density at radius 3 is 2.77 bits per heavy atom. The van der Waals surface area contributed by atoms with Gasteiger partial charge in [-0.2, -0.15) is 5.10 Å². The number of benzene rings is 2. The summed E-state index contributed by atoms with van der Waals surface area (Å²) in [7, 11) is 0. The van der Waals surface area contributed by atoms with Crippen molar-refractivity contribution in [3.8, 4) is 5.75 Å². The molecule has 112 valence electrons. The molecule has 0 fully saturated rings. The Bertz CT molecular complexity index is 758. The van der Waals surface area contributed by atoms with Gasteiger partial charge in [0.05, 0.1) is 16.7 Å². The molecule has 0 aliphatic rings. The summed E-state index contributed by atoms with van der Waals surface area (Å²) in [6.45, 7) is 0. The molecular formula is C14H12N4O4. The highest BCUT2D eigenvalue weighted by molar-refractivity contribution is 5.96. The van der Waals surface area contributed by atoms with Gasteiger partial charge in [-0.1, -0.05) is 12.1 Å². The molecular weight excluding hydrogens is 288 g/mol. The Morgan fingerprint density at radius 2 is 2.09 bits per heavy atom. The number of nitro benzene ring substituents is 1. The van der Waals surface area contributed by atoms with E-state index in [1.807, 2.05) is 0 Å². The van der Waals surface area contributed by atoms with Gasteiger partial charge in [0.25, 0.3) is 11.6 Å². The summed E-state index contributed by atoms with van der Waals surface area (Å²) >= 11 is 0. The highest BCUT2D eigenvalue weighted by Crippen LogP contribution is 2.18. The Kier molecular flexibility index (Phi) is 4.33. The number of carbonyl (C=O) groups is 1. The van der Waals surface area contributed by atoms with Crippen molar-refractivity contribution in [2.75, 3.05) is 5.73 Å². The first-order valence-corrected chi connectivity index (χ1v) is 6.13. The van der Waals surface area contributed by atoms with E-state index in [2.05, 4.69) is 10.5 Å². The Morgan fingerprint density at radius 1 is 1.32 bits per heavy atom. The maximum Gasteiger partial charge on any atom is 0.272 e. The van der Waals surface area contributed by atoms with E-state index < -0.39 is 10.8 Å². The van der Waals surface area contributed by atoms with E-state index >= 15 is 0 Å². The lowest BCUT2D eigenvalue weighted by molar-refractivity contribution is -0.384. The number of nitrogens with zero attached hydrogens (tertiary/aromatic N) is 2. The van der Waals surface area contributed by atoms with Crippen LogP contribution in [0.25, 0.3) is 0 Å². The van der Waals surface area contributed by atoms with Crippen LogP contribution in [0, 0.1) is 10.1 Å². The lowest BCUT2D eigenvalue weighted by Gasteiger charge is -2.02. The summed E-state index contributed by atoms with van der Waals surface area (Å²) in [4.78, 5) is 22.0. The number of hydrogen-bond donors (Lipinski definition) is 3. The topological polar surface area (TPSA) is 131 Å². The quantitative estimate of drug-likeness (QED) is 0.342. The van der Waals surface area contributed by atoms with Crippen LogP contribution in [-0.4, -0.2) is 22.2 Å². The number of nitro groups is 1. The normalized spacial score (nSPS) is 10.5. The molecule has 22 heavy (non-hydrogen) atoms. The second-order valence-corrected chi connectivity index (χ2v) is 4.36. The number of hydrazone groups is 1. The first kappa shape index (κ1) is 15.0. The van der Waals surface area contributed by atoms with Gasteiger partial charge in [0.1, 0.15) is 5.75 Å². The average Bonchev–Trinajstić information content (AvgIpc) is 2.46. The summed E-state index contributed by atoms with van der Waals surface area (Å²) in [6.07, 6.45) is 1.33. The molecule has 0 heterocycles. The van der Waals surface area contributed by atoms with Gasteiger partial charge in [0, 0.05) is 17.8 Å². The van der Waals surface area contributed by atoms with Gasteiger partial charge in [0.15, 0.2) is 0 Å². The molecule has 0 aliphatic carbocycles. The zero-order valence-corrected chi connectivity index (χ0v) is 11.3. The first-order chi connectivity index (χ1) is 10.5. The maximum atomic E-state index is 11.9. The van der Waals surface area contributed by atoms with Gasteiger partial charge in [-0.15, -0.1) is 0 Å². The second kappa shape index (κ2) is 6.35. The third-order valence-corrected chi connectivity index (χ3v) is 2.66. The minimum Gasteiger partial charge on any atom is -0.508 e. The first-order valence-electron chi connectivity index (χ1n) is 6.13. The molecule has 0 unspecified atom stereocenters. The molecule has 0 saturated carbocycles. The molecule has 2 rings (SSSR count). The van der Waals surface area contributed by atoms with Crippen molar-refractivity contribution in [1.29, 1.82) is 0 Å². The van der Waals surface area contributed by atoms with Crippen molar-refractivity contribution in [1.82, 2.24) is 5.43 Å². The lowest BCUT2D eigenvalue weighted by Crippen LogP contribution is -2.18. The van der Waals surface area contributed by atoms with Crippen LogP contribution in [0.2, 0.25) is 0 Å². The van der Waals surface area contributed by atoms with E-state index in [1.54, 1.807) is 12.1 Å². The van der Waals surface area contributed by atoms with E-state index in [9.17, 15) is 20.0 Å². The molecule has 0 bridgehead atoms. The number of aromatic hydroxyl groups is 1. The van der Waals surface area contributed by atoms with Crippen LogP contribution in [0.4, 0.5) is 11.4 Å². The fraction of sp³-hybridized carbons (Fsp3) is 0. The standard InChI is InChI=1S/C14H12N4O4/c15-11-5-10(6-12(7-11)18(21)22)14(20)17-16-8-9-2-1-3-13(19)4-9/h1-8,19H,15H2,(H,17,20)/b16-8+. The van der Waals surface area contributed by atoms with E-state index in [0.29, 0.717) is 5.56 Å².